The molecule has 2 aromatic carbocycles. The number of hydrogen-bond acceptors (Lipinski definition) is 3. The summed E-state index contributed by atoms with van der Waals surface area (Å²) in [4.78, 5) is 16.7. The fraction of sp³-hybridized carbons (Fsp3) is 0.143. The molecule has 0 fully saturated rings. The monoisotopic (exact) mass is 366 g/mol. The Morgan fingerprint density at radius 3 is 2.62 bits per heavy atom. The van der Waals surface area contributed by atoms with E-state index in [4.69, 9.17) is 11.6 Å². The summed E-state index contributed by atoms with van der Waals surface area (Å²) < 4.78 is 0. The maximum atomic E-state index is 12.5. The van der Waals surface area contributed by atoms with Gasteiger partial charge in [-0.2, -0.15) is 0 Å². The summed E-state index contributed by atoms with van der Waals surface area (Å²) in [7, 11) is 0. The maximum Gasteiger partial charge on any atom is 0.221 e. The standard InChI is InChI=1S/C21H19ClN2O2/c22-20-10-2-1-9-18(20)19(15-6-5-8-17(25)12-15)13-21(26)24-14-16-7-3-4-11-23-16/h1-12,19,25H,13-14H2,(H,24,26)/t19-/m0/s1. The van der Waals surface area contributed by atoms with E-state index >= 15 is 0 Å². The molecule has 0 spiro atoms. The number of carbonyl (C=O) groups excluding carboxylic acids is 1. The molecule has 1 amide bonds. The minimum absolute atomic E-state index is 0.107. The average Bonchev–Trinajstić information content (AvgIpc) is 2.66. The lowest BCUT2D eigenvalue weighted by Crippen LogP contribution is -2.25. The molecule has 0 aliphatic rings. The lowest BCUT2D eigenvalue weighted by Gasteiger charge is -2.19. The number of pyridine rings is 1. The molecule has 2 N–H and O–H groups in total. The van der Waals surface area contributed by atoms with Gasteiger partial charge >= 0.3 is 0 Å². The summed E-state index contributed by atoms with van der Waals surface area (Å²) in [5.41, 5.74) is 2.49. The molecular weight excluding hydrogens is 348 g/mol. The van der Waals surface area contributed by atoms with Crippen molar-refractivity contribution in [3.63, 3.8) is 0 Å². The van der Waals surface area contributed by atoms with Crippen molar-refractivity contribution in [1.82, 2.24) is 10.3 Å². The SMILES string of the molecule is O=C(C[C@@H](c1cccc(O)c1)c1ccccc1Cl)NCc1ccccn1. The molecule has 0 aliphatic carbocycles. The zero-order valence-corrected chi connectivity index (χ0v) is 14.9. The van der Waals surface area contributed by atoms with Crippen LogP contribution in [0.1, 0.15) is 29.2 Å². The highest BCUT2D eigenvalue weighted by atomic mass is 35.5. The van der Waals surface area contributed by atoms with Gasteiger partial charge in [0.2, 0.25) is 5.91 Å². The van der Waals surface area contributed by atoms with Crippen LogP contribution in [0.4, 0.5) is 0 Å². The van der Waals surface area contributed by atoms with Gasteiger partial charge in [0.05, 0.1) is 12.2 Å². The van der Waals surface area contributed by atoms with Gasteiger partial charge in [-0.05, 0) is 41.5 Å². The predicted octanol–water partition coefficient (Wildman–Crippen LogP) is 4.28. The highest BCUT2D eigenvalue weighted by Gasteiger charge is 2.21. The second-order valence-corrected chi connectivity index (χ2v) is 6.38. The zero-order valence-electron chi connectivity index (χ0n) is 14.1. The Kier molecular flexibility index (Phi) is 5.87. The third kappa shape index (κ3) is 4.61. The second kappa shape index (κ2) is 8.50. The third-order valence-corrected chi connectivity index (χ3v) is 4.48. The molecule has 0 saturated heterocycles. The molecule has 4 nitrogen and oxygen atoms in total. The van der Waals surface area contributed by atoms with E-state index < -0.39 is 0 Å². The summed E-state index contributed by atoms with van der Waals surface area (Å²) in [6.07, 6.45) is 1.92. The molecular formula is C21H19ClN2O2. The number of benzene rings is 2. The van der Waals surface area contributed by atoms with Crippen LogP contribution in [0.3, 0.4) is 0 Å². The molecule has 1 aromatic heterocycles. The number of nitrogens with one attached hydrogen (secondary N) is 1. The Bertz CT molecular complexity index is 884. The van der Waals surface area contributed by atoms with Crippen LogP contribution in [0.25, 0.3) is 0 Å². The molecule has 1 atom stereocenters. The van der Waals surface area contributed by atoms with Crippen LogP contribution in [0.15, 0.2) is 72.9 Å². The lowest BCUT2D eigenvalue weighted by molar-refractivity contribution is -0.121. The second-order valence-electron chi connectivity index (χ2n) is 5.97. The highest BCUT2D eigenvalue weighted by Crippen LogP contribution is 2.34. The lowest BCUT2D eigenvalue weighted by atomic mass is 9.88. The fourth-order valence-electron chi connectivity index (χ4n) is 2.86. The van der Waals surface area contributed by atoms with Gasteiger partial charge in [0.1, 0.15) is 5.75 Å². The molecule has 0 radical (unpaired) electrons. The molecule has 132 valence electrons. The number of halogens is 1. The van der Waals surface area contributed by atoms with Crippen LogP contribution >= 0.6 is 11.6 Å². The number of rotatable bonds is 6. The van der Waals surface area contributed by atoms with E-state index in [0.29, 0.717) is 11.6 Å². The normalized spacial score (nSPS) is 11.7. The average molecular weight is 367 g/mol. The first-order valence-electron chi connectivity index (χ1n) is 8.33. The number of hydrogen-bond donors (Lipinski definition) is 2. The predicted molar refractivity (Wildman–Crippen MR) is 102 cm³/mol. The van der Waals surface area contributed by atoms with Crippen LogP contribution in [0.5, 0.6) is 5.75 Å². The molecule has 3 rings (SSSR count). The molecule has 26 heavy (non-hydrogen) atoms. The first-order chi connectivity index (χ1) is 12.6. The van der Waals surface area contributed by atoms with E-state index in [1.165, 1.54) is 0 Å². The number of amides is 1. The van der Waals surface area contributed by atoms with Gasteiger partial charge in [-0.25, -0.2) is 0 Å². The van der Waals surface area contributed by atoms with Crippen molar-refractivity contribution >= 4 is 17.5 Å². The number of aromatic nitrogens is 1. The van der Waals surface area contributed by atoms with Crippen molar-refractivity contribution in [1.29, 1.82) is 0 Å². The molecule has 0 saturated carbocycles. The Balaban J connectivity index is 1.80. The summed E-state index contributed by atoms with van der Waals surface area (Å²) in [5, 5.41) is 13.3. The largest absolute Gasteiger partial charge is 0.508 e. The van der Waals surface area contributed by atoms with Gasteiger partial charge in [-0.3, -0.25) is 9.78 Å². The van der Waals surface area contributed by atoms with Crippen LogP contribution < -0.4 is 5.32 Å². The Labute approximate surface area is 157 Å². The van der Waals surface area contributed by atoms with Gasteiger partial charge in [0.15, 0.2) is 0 Å². The smallest absolute Gasteiger partial charge is 0.221 e. The van der Waals surface area contributed by atoms with Gasteiger partial charge in [-0.1, -0.05) is 48.0 Å². The Hall–Kier alpha value is -2.85. The minimum atomic E-state index is -0.250. The van der Waals surface area contributed by atoms with E-state index in [0.717, 1.165) is 16.8 Å². The summed E-state index contributed by atoms with van der Waals surface area (Å²) in [6.45, 7) is 0.370. The molecule has 0 aliphatic heterocycles. The number of phenols is 1. The fourth-order valence-corrected chi connectivity index (χ4v) is 3.12. The van der Waals surface area contributed by atoms with E-state index in [2.05, 4.69) is 10.3 Å². The minimum Gasteiger partial charge on any atom is -0.508 e. The number of phenolic OH excluding ortho intramolecular Hbond substituents is 1. The van der Waals surface area contributed by atoms with Gasteiger partial charge in [0.25, 0.3) is 0 Å². The first-order valence-corrected chi connectivity index (χ1v) is 8.71. The van der Waals surface area contributed by atoms with Gasteiger partial charge < -0.3 is 10.4 Å². The summed E-state index contributed by atoms with van der Waals surface area (Å²) >= 11 is 6.36. The van der Waals surface area contributed by atoms with Crippen molar-refractivity contribution in [2.24, 2.45) is 0 Å². The zero-order chi connectivity index (χ0) is 18.4. The van der Waals surface area contributed by atoms with E-state index in [-0.39, 0.29) is 24.0 Å². The summed E-state index contributed by atoms with van der Waals surface area (Å²) in [5.74, 6) is -0.197. The van der Waals surface area contributed by atoms with Crippen molar-refractivity contribution < 1.29 is 9.90 Å². The first kappa shape index (κ1) is 18.0. The van der Waals surface area contributed by atoms with Crippen molar-refractivity contribution in [2.45, 2.75) is 18.9 Å². The topological polar surface area (TPSA) is 62.2 Å². The van der Waals surface area contributed by atoms with Crippen LogP contribution in [-0.2, 0) is 11.3 Å². The van der Waals surface area contributed by atoms with Crippen LogP contribution in [-0.4, -0.2) is 16.0 Å². The molecule has 0 unspecified atom stereocenters. The number of aromatic hydroxyl groups is 1. The Morgan fingerprint density at radius 2 is 1.88 bits per heavy atom. The Morgan fingerprint density at radius 1 is 1.08 bits per heavy atom. The molecule has 1 heterocycles. The molecule has 5 heteroatoms. The van der Waals surface area contributed by atoms with E-state index in [1.54, 1.807) is 30.5 Å². The number of nitrogens with zero attached hydrogens (tertiary/aromatic N) is 1. The molecule has 3 aromatic rings. The van der Waals surface area contributed by atoms with Gasteiger partial charge in [0, 0.05) is 23.6 Å². The highest BCUT2D eigenvalue weighted by molar-refractivity contribution is 6.31. The van der Waals surface area contributed by atoms with Crippen molar-refractivity contribution in [2.75, 3.05) is 0 Å². The van der Waals surface area contributed by atoms with E-state index in [1.807, 2.05) is 42.5 Å². The van der Waals surface area contributed by atoms with Crippen LogP contribution in [0.2, 0.25) is 5.02 Å². The van der Waals surface area contributed by atoms with Crippen LogP contribution in [0, 0.1) is 0 Å². The number of carbonyl (C=O) groups is 1. The van der Waals surface area contributed by atoms with Crippen molar-refractivity contribution in [3.8, 4) is 5.75 Å². The molecule has 0 bridgehead atoms. The van der Waals surface area contributed by atoms with E-state index in [9.17, 15) is 9.90 Å². The summed E-state index contributed by atoms with van der Waals surface area (Å²) in [6, 6.07) is 20.0. The van der Waals surface area contributed by atoms with Gasteiger partial charge in [-0.15, -0.1) is 0 Å². The maximum absolute atomic E-state index is 12.5. The van der Waals surface area contributed by atoms with Crippen molar-refractivity contribution in [3.05, 3.63) is 94.8 Å². The third-order valence-electron chi connectivity index (χ3n) is 4.14. The quantitative estimate of drug-likeness (QED) is 0.684.